The van der Waals surface area contributed by atoms with Crippen LogP contribution in [0.15, 0.2) is 43.0 Å². The predicted molar refractivity (Wildman–Crippen MR) is 82.6 cm³/mol. The van der Waals surface area contributed by atoms with Crippen molar-refractivity contribution in [3.8, 4) is 0 Å². The van der Waals surface area contributed by atoms with Gasteiger partial charge in [0.05, 0.1) is 11.6 Å². The minimum atomic E-state index is -0.545. The van der Waals surface area contributed by atoms with Crippen molar-refractivity contribution in [3.63, 3.8) is 0 Å². The highest BCUT2D eigenvalue weighted by Gasteiger charge is 2.46. The Morgan fingerprint density at radius 2 is 1.88 bits per heavy atom. The zero-order valence-electron chi connectivity index (χ0n) is 12.8. The zero-order valence-corrected chi connectivity index (χ0v) is 12.8. The number of hydrogen-bond acceptors (Lipinski definition) is 6. The van der Waals surface area contributed by atoms with Gasteiger partial charge in [-0.15, -0.1) is 5.17 Å². The summed E-state index contributed by atoms with van der Waals surface area (Å²) in [5.41, 5.74) is 1.19. The SMILES string of the molecule is O=C(c1cncnc1)N(O)N1C[C@@H]2C[C@H]1CN2c1ccc(F)cc1. The summed E-state index contributed by atoms with van der Waals surface area (Å²) in [5, 5.41) is 12.6. The summed E-state index contributed by atoms with van der Waals surface area (Å²) in [6.45, 7) is 1.20. The average molecular weight is 329 g/mol. The fourth-order valence-electron chi connectivity index (χ4n) is 3.47. The lowest BCUT2D eigenvalue weighted by molar-refractivity contribution is -0.210. The lowest BCUT2D eigenvalue weighted by Gasteiger charge is -2.38. The molecule has 2 aliphatic heterocycles. The summed E-state index contributed by atoms with van der Waals surface area (Å²) >= 11 is 0. The van der Waals surface area contributed by atoms with Crippen molar-refractivity contribution in [2.24, 2.45) is 0 Å². The van der Waals surface area contributed by atoms with Crippen molar-refractivity contribution in [2.45, 2.75) is 18.5 Å². The second-order valence-corrected chi connectivity index (χ2v) is 6.02. The highest BCUT2D eigenvalue weighted by atomic mass is 19.1. The van der Waals surface area contributed by atoms with Crippen molar-refractivity contribution >= 4 is 11.6 Å². The number of nitrogens with zero attached hydrogens (tertiary/aromatic N) is 5. The largest absolute Gasteiger partial charge is 0.365 e. The number of carbonyl (C=O) groups is 1. The standard InChI is InChI=1S/C16H16FN5O2/c17-12-1-3-13(4-2-12)20-8-15-5-14(20)9-21(15)22(24)16(23)11-6-18-10-19-7-11/h1-4,6-7,10,14-15,24H,5,8-9H2/t14-,15-/m0/s1. The van der Waals surface area contributed by atoms with Gasteiger partial charge in [-0.1, -0.05) is 0 Å². The van der Waals surface area contributed by atoms with Crippen LogP contribution in [0.4, 0.5) is 10.1 Å². The van der Waals surface area contributed by atoms with Gasteiger partial charge in [0, 0.05) is 37.2 Å². The third-order valence-electron chi connectivity index (χ3n) is 4.60. The molecule has 1 N–H and O–H groups in total. The Morgan fingerprint density at radius 1 is 1.17 bits per heavy atom. The van der Waals surface area contributed by atoms with E-state index >= 15 is 0 Å². The van der Waals surface area contributed by atoms with E-state index in [1.165, 1.54) is 30.9 Å². The molecule has 0 spiro atoms. The van der Waals surface area contributed by atoms with Crippen LogP contribution in [0.1, 0.15) is 16.8 Å². The van der Waals surface area contributed by atoms with E-state index in [-0.39, 0.29) is 23.5 Å². The lowest BCUT2D eigenvalue weighted by Crippen LogP contribution is -2.54. The monoisotopic (exact) mass is 329 g/mol. The number of anilines is 1. The van der Waals surface area contributed by atoms with Gasteiger partial charge in [0.2, 0.25) is 0 Å². The number of piperazine rings is 1. The molecule has 2 saturated heterocycles. The molecular formula is C16H16FN5O2. The van der Waals surface area contributed by atoms with E-state index in [1.807, 2.05) is 0 Å². The summed E-state index contributed by atoms with van der Waals surface area (Å²) in [6, 6.07) is 6.59. The normalized spacial score (nSPS) is 22.8. The molecule has 2 atom stereocenters. The highest BCUT2D eigenvalue weighted by Crippen LogP contribution is 2.35. The number of fused-ring (bicyclic) bond motifs is 2. The van der Waals surface area contributed by atoms with Crippen LogP contribution in [0, 0.1) is 5.82 Å². The summed E-state index contributed by atoms with van der Waals surface area (Å²) < 4.78 is 13.1. The van der Waals surface area contributed by atoms with Gasteiger partial charge in [-0.2, -0.15) is 5.01 Å². The molecule has 0 unspecified atom stereocenters. The van der Waals surface area contributed by atoms with E-state index in [0.29, 0.717) is 18.3 Å². The molecule has 1 amide bonds. The number of halogens is 1. The molecule has 3 heterocycles. The van der Waals surface area contributed by atoms with Gasteiger partial charge < -0.3 is 4.90 Å². The quantitative estimate of drug-likeness (QED) is 0.676. The zero-order chi connectivity index (χ0) is 16.7. The molecule has 0 radical (unpaired) electrons. The molecule has 1 aromatic carbocycles. The van der Waals surface area contributed by atoms with Crippen molar-refractivity contribution in [2.75, 3.05) is 18.0 Å². The molecule has 1 aromatic heterocycles. The van der Waals surface area contributed by atoms with E-state index < -0.39 is 5.91 Å². The van der Waals surface area contributed by atoms with Crippen molar-refractivity contribution in [3.05, 3.63) is 54.4 Å². The Kier molecular flexibility index (Phi) is 3.62. The number of benzene rings is 1. The van der Waals surface area contributed by atoms with Crippen LogP contribution in [0.25, 0.3) is 0 Å². The predicted octanol–water partition coefficient (Wildman–Crippen LogP) is 1.33. The van der Waals surface area contributed by atoms with Gasteiger partial charge in [0.15, 0.2) is 0 Å². The highest BCUT2D eigenvalue weighted by molar-refractivity contribution is 5.92. The molecule has 2 aromatic rings. The van der Waals surface area contributed by atoms with Crippen LogP contribution in [-0.2, 0) is 0 Å². The van der Waals surface area contributed by atoms with Crippen molar-refractivity contribution in [1.29, 1.82) is 0 Å². The molecule has 2 bridgehead atoms. The minimum Gasteiger partial charge on any atom is -0.365 e. The molecule has 0 saturated carbocycles. The van der Waals surface area contributed by atoms with E-state index in [0.717, 1.165) is 12.1 Å². The van der Waals surface area contributed by atoms with Crippen LogP contribution < -0.4 is 4.90 Å². The van der Waals surface area contributed by atoms with Crippen molar-refractivity contribution < 1.29 is 14.4 Å². The number of hydrazine groups is 1. The summed E-state index contributed by atoms with van der Waals surface area (Å²) in [7, 11) is 0. The maximum absolute atomic E-state index is 13.1. The second kappa shape index (κ2) is 5.81. The maximum atomic E-state index is 13.1. The Morgan fingerprint density at radius 3 is 2.50 bits per heavy atom. The second-order valence-electron chi connectivity index (χ2n) is 6.02. The number of hydrogen-bond donors (Lipinski definition) is 1. The van der Waals surface area contributed by atoms with Crippen LogP contribution in [0.5, 0.6) is 0 Å². The number of rotatable bonds is 3. The number of amides is 1. The maximum Gasteiger partial charge on any atom is 0.295 e. The number of aromatic nitrogens is 2. The van der Waals surface area contributed by atoms with Crippen molar-refractivity contribution in [1.82, 2.24) is 20.1 Å². The third-order valence-corrected chi connectivity index (χ3v) is 4.60. The summed E-state index contributed by atoms with van der Waals surface area (Å²) in [4.78, 5) is 22.1. The van der Waals surface area contributed by atoms with Gasteiger partial charge in [0.1, 0.15) is 12.1 Å². The Balaban J connectivity index is 1.46. The summed E-state index contributed by atoms with van der Waals surface area (Å²) in [6.07, 6.45) is 4.92. The van der Waals surface area contributed by atoms with E-state index in [4.69, 9.17) is 0 Å². The minimum absolute atomic E-state index is 0.0265. The first-order valence-corrected chi connectivity index (χ1v) is 7.70. The van der Waals surface area contributed by atoms with E-state index in [2.05, 4.69) is 14.9 Å². The molecule has 24 heavy (non-hydrogen) atoms. The van der Waals surface area contributed by atoms with Crippen LogP contribution in [-0.4, -0.2) is 56.4 Å². The van der Waals surface area contributed by atoms with E-state index in [1.54, 1.807) is 17.1 Å². The summed E-state index contributed by atoms with van der Waals surface area (Å²) in [5.74, 6) is -0.807. The molecule has 0 aliphatic carbocycles. The van der Waals surface area contributed by atoms with Crippen LogP contribution in [0.3, 0.4) is 0 Å². The van der Waals surface area contributed by atoms with Gasteiger partial charge in [-0.3, -0.25) is 10.0 Å². The molecular weight excluding hydrogens is 313 g/mol. The molecule has 7 nitrogen and oxygen atoms in total. The topological polar surface area (TPSA) is 72.8 Å². The number of hydroxylamine groups is 1. The van der Waals surface area contributed by atoms with Gasteiger partial charge in [0.25, 0.3) is 5.91 Å². The van der Waals surface area contributed by atoms with E-state index in [9.17, 15) is 14.4 Å². The number of carbonyl (C=O) groups excluding carboxylic acids is 1. The third kappa shape index (κ3) is 2.49. The lowest BCUT2D eigenvalue weighted by atomic mass is 10.2. The van der Waals surface area contributed by atoms with Gasteiger partial charge in [-0.25, -0.2) is 14.4 Å². The molecule has 2 aliphatic rings. The van der Waals surface area contributed by atoms with Gasteiger partial charge >= 0.3 is 0 Å². The molecule has 124 valence electrons. The Bertz CT molecular complexity index is 742. The fourth-order valence-corrected chi connectivity index (χ4v) is 3.47. The first kappa shape index (κ1) is 15.0. The molecule has 2 fully saturated rings. The van der Waals surface area contributed by atoms with Crippen LogP contribution >= 0.6 is 0 Å². The Labute approximate surface area is 137 Å². The first-order chi connectivity index (χ1) is 11.6. The molecule has 4 rings (SSSR count). The van der Waals surface area contributed by atoms with Gasteiger partial charge in [-0.05, 0) is 30.7 Å². The smallest absolute Gasteiger partial charge is 0.295 e. The van der Waals surface area contributed by atoms with Crippen LogP contribution in [0.2, 0.25) is 0 Å². The molecule has 8 heteroatoms. The first-order valence-electron chi connectivity index (χ1n) is 7.70. The Hall–Kier alpha value is -2.58. The average Bonchev–Trinajstić information content (AvgIpc) is 3.22. The fraction of sp³-hybridized carbons (Fsp3) is 0.312.